The van der Waals surface area contributed by atoms with E-state index in [4.69, 9.17) is 4.74 Å². The molecule has 1 heterocycles. The van der Waals surface area contributed by atoms with Crippen molar-refractivity contribution in [2.75, 3.05) is 0 Å². The number of phenolic OH excluding ortho intramolecular Hbond substituents is 1. The van der Waals surface area contributed by atoms with Crippen LogP contribution in [0.25, 0.3) is 11.1 Å². The van der Waals surface area contributed by atoms with Crippen LogP contribution in [0.1, 0.15) is 31.3 Å². The van der Waals surface area contributed by atoms with E-state index in [2.05, 4.69) is 5.10 Å². The molecule has 0 spiro atoms. The summed E-state index contributed by atoms with van der Waals surface area (Å²) in [5.74, 6) is -0.239. The van der Waals surface area contributed by atoms with Gasteiger partial charge in [-0.15, -0.1) is 0 Å². The molecule has 20 heavy (non-hydrogen) atoms. The average molecular weight is 274 g/mol. The number of benzene rings is 1. The Hall–Kier alpha value is -2.30. The third-order valence-electron chi connectivity index (χ3n) is 2.71. The molecular formula is C15H18N2O3. The standard InChI is InChI=1S/C15H18N2O3/c1-15(2,3)20-14(19)13-12(9-16-17(13)4)10-5-7-11(18)8-6-10/h5-9,18H,1-4H3. The van der Waals surface area contributed by atoms with Gasteiger partial charge in [0.1, 0.15) is 11.4 Å². The molecule has 106 valence electrons. The van der Waals surface area contributed by atoms with Crippen molar-refractivity contribution in [3.8, 4) is 16.9 Å². The van der Waals surface area contributed by atoms with E-state index >= 15 is 0 Å². The summed E-state index contributed by atoms with van der Waals surface area (Å²) in [6.07, 6.45) is 1.62. The van der Waals surface area contributed by atoms with Gasteiger partial charge in [0.15, 0.2) is 5.69 Å². The highest BCUT2D eigenvalue weighted by Gasteiger charge is 2.24. The topological polar surface area (TPSA) is 64.3 Å². The van der Waals surface area contributed by atoms with Crippen LogP contribution in [0, 0.1) is 0 Å². The highest BCUT2D eigenvalue weighted by atomic mass is 16.6. The second-order valence-electron chi connectivity index (χ2n) is 5.58. The molecule has 0 atom stereocenters. The number of esters is 1. The second-order valence-corrected chi connectivity index (χ2v) is 5.58. The normalized spacial score (nSPS) is 11.4. The summed E-state index contributed by atoms with van der Waals surface area (Å²) in [5.41, 5.74) is 1.32. The van der Waals surface area contributed by atoms with Crippen LogP contribution in [-0.2, 0) is 11.8 Å². The predicted molar refractivity (Wildman–Crippen MR) is 75.5 cm³/mol. The summed E-state index contributed by atoms with van der Waals surface area (Å²) in [4.78, 5) is 12.3. The molecule has 2 rings (SSSR count). The molecule has 0 fully saturated rings. The Morgan fingerprint density at radius 3 is 2.40 bits per heavy atom. The SMILES string of the molecule is Cn1ncc(-c2ccc(O)cc2)c1C(=O)OC(C)(C)C. The predicted octanol–water partition coefficient (Wildman–Crippen LogP) is 2.75. The molecule has 0 radical (unpaired) electrons. The Balaban J connectivity index is 2.42. The Labute approximate surface area is 117 Å². The third-order valence-corrected chi connectivity index (χ3v) is 2.71. The summed E-state index contributed by atoms with van der Waals surface area (Å²) in [7, 11) is 1.70. The maximum atomic E-state index is 12.3. The van der Waals surface area contributed by atoms with E-state index in [1.165, 1.54) is 4.68 Å². The molecule has 0 amide bonds. The summed E-state index contributed by atoms with van der Waals surface area (Å²) in [6, 6.07) is 6.61. The number of nitrogens with zero attached hydrogens (tertiary/aromatic N) is 2. The Bertz CT molecular complexity index is 622. The second kappa shape index (κ2) is 5.00. The molecule has 1 aromatic heterocycles. The Kier molecular flexibility index (Phi) is 3.53. The van der Waals surface area contributed by atoms with Gasteiger partial charge in [-0.05, 0) is 38.5 Å². The molecule has 0 saturated carbocycles. The number of aryl methyl sites for hydroxylation is 1. The zero-order chi connectivity index (χ0) is 14.9. The van der Waals surface area contributed by atoms with Crippen molar-refractivity contribution in [2.45, 2.75) is 26.4 Å². The number of ether oxygens (including phenoxy) is 1. The fourth-order valence-corrected chi connectivity index (χ4v) is 1.86. The van der Waals surface area contributed by atoms with E-state index in [9.17, 15) is 9.90 Å². The number of hydrogen-bond donors (Lipinski definition) is 1. The van der Waals surface area contributed by atoms with Crippen LogP contribution in [0.4, 0.5) is 0 Å². The van der Waals surface area contributed by atoms with Crippen molar-refractivity contribution in [3.63, 3.8) is 0 Å². The van der Waals surface area contributed by atoms with E-state index in [1.807, 2.05) is 20.8 Å². The van der Waals surface area contributed by atoms with Gasteiger partial charge in [0.25, 0.3) is 0 Å². The van der Waals surface area contributed by atoms with Gasteiger partial charge in [0.2, 0.25) is 0 Å². The molecule has 1 N–H and O–H groups in total. The number of aromatic hydroxyl groups is 1. The third kappa shape index (κ3) is 2.99. The van der Waals surface area contributed by atoms with Gasteiger partial charge in [-0.3, -0.25) is 4.68 Å². The number of aromatic nitrogens is 2. The number of phenols is 1. The molecule has 0 aliphatic carbocycles. The first kappa shape index (κ1) is 14.1. The van der Waals surface area contributed by atoms with Gasteiger partial charge >= 0.3 is 5.97 Å². The largest absolute Gasteiger partial charge is 0.508 e. The van der Waals surface area contributed by atoms with E-state index < -0.39 is 11.6 Å². The quantitative estimate of drug-likeness (QED) is 0.855. The van der Waals surface area contributed by atoms with Crippen molar-refractivity contribution in [3.05, 3.63) is 36.2 Å². The molecule has 0 bridgehead atoms. The van der Waals surface area contributed by atoms with Crippen molar-refractivity contribution in [1.82, 2.24) is 9.78 Å². The molecule has 0 aliphatic rings. The monoisotopic (exact) mass is 274 g/mol. The number of rotatable bonds is 2. The zero-order valence-electron chi connectivity index (χ0n) is 12.0. The minimum absolute atomic E-state index is 0.177. The van der Waals surface area contributed by atoms with Gasteiger partial charge in [-0.1, -0.05) is 12.1 Å². The molecule has 0 saturated heterocycles. The van der Waals surface area contributed by atoms with E-state index in [0.29, 0.717) is 11.3 Å². The summed E-state index contributed by atoms with van der Waals surface area (Å²) in [6.45, 7) is 5.46. The van der Waals surface area contributed by atoms with Crippen LogP contribution in [0.15, 0.2) is 30.5 Å². The lowest BCUT2D eigenvalue weighted by molar-refractivity contribution is 0.00585. The molecule has 5 nitrogen and oxygen atoms in total. The smallest absolute Gasteiger partial charge is 0.357 e. The van der Waals surface area contributed by atoms with Crippen molar-refractivity contribution in [1.29, 1.82) is 0 Å². The molecule has 5 heteroatoms. The van der Waals surface area contributed by atoms with Crippen molar-refractivity contribution >= 4 is 5.97 Å². The number of carbonyl (C=O) groups is 1. The van der Waals surface area contributed by atoms with Gasteiger partial charge < -0.3 is 9.84 Å². The highest BCUT2D eigenvalue weighted by molar-refractivity contribution is 5.95. The van der Waals surface area contributed by atoms with E-state index in [-0.39, 0.29) is 5.75 Å². The highest BCUT2D eigenvalue weighted by Crippen LogP contribution is 2.26. The molecule has 0 aliphatic heterocycles. The lowest BCUT2D eigenvalue weighted by Crippen LogP contribution is -2.25. The lowest BCUT2D eigenvalue weighted by Gasteiger charge is -2.20. The van der Waals surface area contributed by atoms with Gasteiger partial charge in [-0.2, -0.15) is 5.10 Å². The number of hydrogen-bond acceptors (Lipinski definition) is 4. The fourth-order valence-electron chi connectivity index (χ4n) is 1.86. The van der Waals surface area contributed by atoms with Gasteiger partial charge in [0.05, 0.1) is 6.20 Å². The molecule has 0 unspecified atom stereocenters. The molecule has 1 aromatic carbocycles. The fraction of sp³-hybridized carbons (Fsp3) is 0.333. The van der Waals surface area contributed by atoms with Crippen LogP contribution in [-0.4, -0.2) is 26.5 Å². The minimum atomic E-state index is -0.562. The van der Waals surface area contributed by atoms with Crippen LogP contribution in [0.5, 0.6) is 5.75 Å². The Morgan fingerprint density at radius 1 is 1.25 bits per heavy atom. The van der Waals surface area contributed by atoms with Crippen molar-refractivity contribution in [2.24, 2.45) is 7.05 Å². The first-order chi connectivity index (χ1) is 9.28. The summed E-state index contributed by atoms with van der Waals surface area (Å²) in [5, 5.41) is 13.4. The zero-order valence-corrected chi connectivity index (χ0v) is 12.0. The van der Waals surface area contributed by atoms with Crippen LogP contribution in [0.2, 0.25) is 0 Å². The van der Waals surface area contributed by atoms with Gasteiger partial charge in [-0.25, -0.2) is 4.79 Å². The van der Waals surface area contributed by atoms with Crippen molar-refractivity contribution < 1.29 is 14.6 Å². The maximum absolute atomic E-state index is 12.3. The summed E-state index contributed by atoms with van der Waals surface area (Å²) >= 11 is 0. The first-order valence-electron chi connectivity index (χ1n) is 6.33. The maximum Gasteiger partial charge on any atom is 0.357 e. The van der Waals surface area contributed by atoms with E-state index in [0.717, 1.165) is 5.56 Å². The minimum Gasteiger partial charge on any atom is -0.508 e. The van der Waals surface area contributed by atoms with Crippen LogP contribution < -0.4 is 0 Å². The van der Waals surface area contributed by atoms with Crippen LogP contribution >= 0.6 is 0 Å². The van der Waals surface area contributed by atoms with E-state index in [1.54, 1.807) is 37.5 Å². The number of carbonyl (C=O) groups excluding carboxylic acids is 1. The summed E-state index contributed by atoms with van der Waals surface area (Å²) < 4.78 is 6.90. The van der Waals surface area contributed by atoms with Gasteiger partial charge in [0, 0.05) is 12.6 Å². The first-order valence-corrected chi connectivity index (χ1v) is 6.33. The lowest BCUT2D eigenvalue weighted by atomic mass is 10.1. The average Bonchev–Trinajstić information content (AvgIpc) is 2.70. The molecular weight excluding hydrogens is 256 g/mol. The Morgan fingerprint density at radius 2 is 1.85 bits per heavy atom. The van der Waals surface area contributed by atoms with Crippen LogP contribution in [0.3, 0.4) is 0 Å². The molecule has 2 aromatic rings.